The van der Waals surface area contributed by atoms with Crippen molar-refractivity contribution in [1.29, 1.82) is 0 Å². The van der Waals surface area contributed by atoms with E-state index in [0.29, 0.717) is 0 Å². The summed E-state index contributed by atoms with van der Waals surface area (Å²) in [6.45, 7) is 5.54. The first-order valence-corrected chi connectivity index (χ1v) is 7.20. The summed E-state index contributed by atoms with van der Waals surface area (Å²) in [7, 11) is 0. The monoisotopic (exact) mass is 366 g/mol. The van der Waals surface area contributed by atoms with Crippen molar-refractivity contribution in [2.45, 2.75) is 32.5 Å². The van der Waals surface area contributed by atoms with Crippen LogP contribution in [0.2, 0.25) is 0 Å². The number of carbonyl (C=O) groups excluding carboxylic acids is 1. The maximum Gasteiger partial charge on any atom is 0.417 e. The molecule has 1 unspecified atom stereocenters. The van der Waals surface area contributed by atoms with E-state index in [1.165, 1.54) is 6.07 Å². The largest absolute Gasteiger partial charge is 0.417 e. The van der Waals surface area contributed by atoms with Crippen LogP contribution in [0.5, 0.6) is 0 Å². The zero-order valence-corrected chi connectivity index (χ0v) is 13.6. The van der Waals surface area contributed by atoms with Crippen molar-refractivity contribution in [2.24, 2.45) is 11.7 Å². The zero-order valence-electron chi connectivity index (χ0n) is 12.0. The van der Waals surface area contributed by atoms with Crippen molar-refractivity contribution >= 4 is 21.8 Å². The first-order chi connectivity index (χ1) is 9.51. The third-order valence-corrected chi connectivity index (χ3v) is 4.12. The number of amides is 1. The molecule has 0 heterocycles. The van der Waals surface area contributed by atoms with Crippen molar-refractivity contribution in [1.82, 2.24) is 5.32 Å². The van der Waals surface area contributed by atoms with Gasteiger partial charge < -0.3 is 11.1 Å². The molecule has 1 aromatic rings. The summed E-state index contributed by atoms with van der Waals surface area (Å²) in [6, 6.07) is 3.45. The van der Waals surface area contributed by atoms with Gasteiger partial charge in [-0.15, -0.1) is 0 Å². The average Bonchev–Trinajstić information content (AvgIpc) is 2.37. The van der Waals surface area contributed by atoms with Gasteiger partial charge in [-0.3, -0.25) is 4.79 Å². The smallest absolute Gasteiger partial charge is 0.345 e. The van der Waals surface area contributed by atoms with Crippen LogP contribution < -0.4 is 11.1 Å². The van der Waals surface area contributed by atoms with E-state index in [4.69, 9.17) is 5.73 Å². The summed E-state index contributed by atoms with van der Waals surface area (Å²) in [4.78, 5) is 12.2. The maximum absolute atomic E-state index is 13.0. The molecule has 0 aliphatic heterocycles. The zero-order chi connectivity index (χ0) is 16.4. The number of nitrogens with one attached hydrogen (secondary N) is 1. The minimum Gasteiger partial charge on any atom is -0.345 e. The van der Waals surface area contributed by atoms with Crippen LogP contribution in [0, 0.1) is 5.92 Å². The minimum atomic E-state index is -4.60. The summed E-state index contributed by atoms with van der Waals surface area (Å²) in [5.41, 5.74) is 3.48. The first-order valence-electron chi connectivity index (χ1n) is 6.40. The number of halogens is 4. The van der Waals surface area contributed by atoms with Gasteiger partial charge in [-0.05, 0) is 31.0 Å². The lowest BCUT2D eigenvalue weighted by Crippen LogP contribution is -2.55. The van der Waals surface area contributed by atoms with Crippen LogP contribution in [-0.2, 0) is 6.18 Å². The van der Waals surface area contributed by atoms with Crippen LogP contribution in [0.15, 0.2) is 22.7 Å². The summed E-state index contributed by atoms with van der Waals surface area (Å²) in [6.07, 6.45) is -4.60. The van der Waals surface area contributed by atoms with Crippen LogP contribution in [0.3, 0.4) is 0 Å². The molecule has 21 heavy (non-hydrogen) atoms. The lowest BCUT2D eigenvalue weighted by atomic mass is 9.88. The van der Waals surface area contributed by atoms with Crippen molar-refractivity contribution in [3.8, 4) is 0 Å². The SMILES string of the molecule is CC(C)C(C)(CN)NC(=O)c1ccc(Br)cc1C(F)(F)F. The standard InChI is InChI=1S/C14H18BrF3N2O/c1-8(2)13(3,7-19)20-12(21)10-5-4-9(15)6-11(10)14(16,17)18/h4-6,8H,7,19H2,1-3H3,(H,20,21). The van der Waals surface area contributed by atoms with Gasteiger partial charge >= 0.3 is 6.18 Å². The van der Waals surface area contributed by atoms with Crippen molar-refractivity contribution < 1.29 is 18.0 Å². The minimum absolute atomic E-state index is 0.0174. The van der Waals surface area contributed by atoms with Crippen molar-refractivity contribution in [2.75, 3.05) is 6.54 Å². The topological polar surface area (TPSA) is 55.1 Å². The van der Waals surface area contributed by atoms with Gasteiger partial charge in [-0.1, -0.05) is 29.8 Å². The Balaban J connectivity index is 3.20. The molecule has 3 nitrogen and oxygen atoms in total. The van der Waals surface area contributed by atoms with Crippen LogP contribution >= 0.6 is 15.9 Å². The van der Waals surface area contributed by atoms with Gasteiger partial charge in [-0.2, -0.15) is 13.2 Å². The quantitative estimate of drug-likeness (QED) is 0.855. The Morgan fingerprint density at radius 2 is 1.95 bits per heavy atom. The molecule has 0 saturated carbocycles. The summed E-state index contributed by atoms with van der Waals surface area (Å²) in [5.74, 6) is -0.798. The normalized spacial score (nSPS) is 14.9. The average molecular weight is 367 g/mol. The maximum atomic E-state index is 13.0. The first kappa shape index (κ1) is 18.0. The van der Waals surface area contributed by atoms with Gasteiger partial charge in [0.25, 0.3) is 5.91 Å². The highest BCUT2D eigenvalue weighted by Gasteiger charge is 2.37. The fraction of sp³-hybridized carbons (Fsp3) is 0.500. The molecule has 118 valence electrons. The lowest BCUT2D eigenvalue weighted by Gasteiger charge is -2.33. The Kier molecular flexibility index (Phi) is 5.44. The number of hydrogen-bond acceptors (Lipinski definition) is 2. The molecule has 0 aliphatic rings. The van der Waals surface area contributed by atoms with Gasteiger partial charge in [0.15, 0.2) is 0 Å². The van der Waals surface area contributed by atoms with E-state index in [-0.39, 0.29) is 16.9 Å². The van der Waals surface area contributed by atoms with Crippen LogP contribution in [-0.4, -0.2) is 18.0 Å². The third kappa shape index (κ3) is 4.20. The van der Waals surface area contributed by atoms with Gasteiger partial charge in [0.05, 0.1) is 16.7 Å². The van der Waals surface area contributed by atoms with Crippen molar-refractivity contribution in [3.05, 3.63) is 33.8 Å². The molecule has 1 rings (SSSR count). The van der Waals surface area contributed by atoms with E-state index in [1.807, 2.05) is 13.8 Å². The van der Waals surface area contributed by atoms with E-state index in [1.54, 1.807) is 6.92 Å². The molecular formula is C14H18BrF3N2O. The number of carbonyl (C=O) groups is 1. The molecular weight excluding hydrogens is 349 g/mol. The van der Waals surface area contributed by atoms with Crippen LogP contribution in [0.1, 0.15) is 36.7 Å². The number of alkyl halides is 3. The molecule has 7 heteroatoms. The highest BCUT2D eigenvalue weighted by atomic mass is 79.9. The van der Waals surface area contributed by atoms with Crippen LogP contribution in [0.25, 0.3) is 0 Å². The van der Waals surface area contributed by atoms with Crippen molar-refractivity contribution in [3.63, 3.8) is 0 Å². The summed E-state index contributed by atoms with van der Waals surface area (Å²) in [5, 5.41) is 2.61. The van der Waals surface area contributed by atoms with Crippen LogP contribution in [0.4, 0.5) is 13.2 Å². The highest BCUT2D eigenvalue weighted by Crippen LogP contribution is 2.34. The van der Waals surface area contributed by atoms with E-state index in [0.717, 1.165) is 12.1 Å². The second-order valence-corrected chi connectivity index (χ2v) is 6.33. The predicted molar refractivity (Wildman–Crippen MR) is 78.9 cm³/mol. The molecule has 0 spiro atoms. The molecule has 0 radical (unpaired) electrons. The molecule has 1 amide bonds. The summed E-state index contributed by atoms with van der Waals surface area (Å²) >= 11 is 2.98. The number of nitrogens with two attached hydrogens (primary N) is 1. The Morgan fingerprint density at radius 3 is 2.38 bits per heavy atom. The predicted octanol–water partition coefficient (Wildman–Crippen LogP) is 3.57. The second kappa shape index (κ2) is 6.36. The fourth-order valence-corrected chi connectivity index (χ4v) is 2.07. The Bertz CT molecular complexity index is 531. The molecule has 0 bridgehead atoms. The Morgan fingerprint density at radius 1 is 1.38 bits per heavy atom. The van der Waals surface area contributed by atoms with E-state index in [9.17, 15) is 18.0 Å². The lowest BCUT2D eigenvalue weighted by molar-refractivity contribution is -0.138. The van der Waals surface area contributed by atoms with E-state index >= 15 is 0 Å². The fourth-order valence-electron chi connectivity index (χ4n) is 1.71. The number of rotatable bonds is 4. The number of benzene rings is 1. The van der Waals surface area contributed by atoms with Gasteiger partial charge in [0.1, 0.15) is 0 Å². The van der Waals surface area contributed by atoms with Gasteiger partial charge in [0, 0.05) is 11.0 Å². The Labute approximate surface area is 130 Å². The molecule has 0 fully saturated rings. The third-order valence-electron chi connectivity index (χ3n) is 3.63. The Hall–Kier alpha value is -1.08. The second-order valence-electron chi connectivity index (χ2n) is 5.42. The molecule has 0 aromatic heterocycles. The molecule has 0 saturated heterocycles. The molecule has 1 atom stereocenters. The summed E-state index contributed by atoms with van der Waals surface area (Å²) < 4.78 is 39.4. The number of hydrogen-bond donors (Lipinski definition) is 2. The molecule has 3 N–H and O–H groups in total. The van der Waals surface area contributed by atoms with E-state index in [2.05, 4.69) is 21.2 Å². The van der Waals surface area contributed by atoms with Gasteiger partial charge in [0.2, 0.25) is 0 Å². The molecule has 0 aliphatic carbocycles. The molecule has 1 aromatic carbocycles. The highest BCUT2D eigenvalue weighted by molar-refractivity contribution is 9.10. The van der Waals surface area contributed by atoms with E-state index < -0.39 is 28.7 Å². The van der Waals surface area contributed by atoms with Gasteiger partial charge in [-0.25, -0.2) is 0 Å².